The summed E-state index contributed by atoms with van der Waals surface area (Å²) in [6.07, 6.45) is 0.917. The van der Waals surface area contributed by atoms with Gasteiger partial charge in [-0.05, 0) is 30.0 Å². The van der Waals surface area contributed by atoms with Gasteiger partial charge in [-0.1, -0.05) is 20.8 Å². The molecule has 0 amide bonds. The first kappa shape index (κ1) is 13.3. The number of halogens is 2. The first-order valence-electron chi connectivity index (χ1n) is 5.40. The van der Waals surface area contributed by atoms with Crippen molar-refractivity contribution in [3.05, 3.63) is 29.6 Å². The van der Waals surface area contributed by atoms with Crippen LogP contribution in [0.1, 0.15) is 38.1 Å². The molecular formula is C13H18ClFO. The molecular weight excluding hydrogens is 227 g/mol. The fraction of sp³-hybridized carbons (Fsp3) is 0.538. The molecule has 0 fully saturated rings. The average Bonchev–Trinajstić information content (AvgIpc) is 2.28. The third-order valence-corrected chi connectivity index (χ3v) is 3.89. The van der Waals surface area contributed by atoms with Crippen molar-refractivity contribution in [2.45, 2.75) is 32.6 Å². The summed E-state index contributed by atoms with van der Waals surface area (Å²) in [5.74, 6) is 0.358. The predicted molar refractivity (Wildman–Crippen MR) is 65.6 cm³/mol. The maximum atomic E-state index is 13.2. The van der Waals surface area contributed by atoms with Crippen LogP contribution >= 0.6 is 11.6 Å². The predicted octanol–water partition coefficient (Wildman–Crippen LogP) is 4.55. The van der Waals surface area contributed by atoms with Gasteiger partial charge in [0.15, 0.2) is 0 Å². The van der Waals surface area contributed by atoms with Crippen LogP contribution in [-0.2, 0) is 0 Å². The Kier molecular flexibility index (Phi) is 4.20. The van der Waals surface area contributed by atoms with Gasteiger partial charge < -0.3 is 4.74 Å². The third-order valence-electron chi connectivity index (χ3n) is 3.06. The van der Waals surface area contributed by atoms with Crippen molar-refractivity contribution < 1.29 is 9.13 Å². The number of alkyl halides is 1. The van der Waals surface area contributed by atoms with Gasteiger partial charge in [-0.15, -0.1) is 11.6 Å². The molecule has 3 heteroatoms. The second kappa shape index (κ2) is 5.05. The van der Waals surface area contributed by atoms with Gasteiger partial charge in [0.1, 0.15) is 11.6 Å². The van der Waals surface area contributed by atoms with Gasteiger partial charge in [-0.25, -0.2) is 4.39 Å². The van der Waals surface area contributed by atoms with Crippen molar-refractivity contribution in [3.63, 3.8) is 0 Å². The minimum atomic E-state index is -0.284. The molecule has 1 aromatic carbocycles. The Bertz CT molecular complexity index is 363. The minimum absolute atomic E-state index is 0.0946. The van der Waals surface area contributed by atoms with E-state index in [-0.39, 0.29) is 16.6 Å². The third kappa shape index (κ3) is 2.67. The first-order chi connectivity index (χ1) is 7.42. The van der Waals surface area contributed by atoms with Crippen molar-refractivity contribution in [1.82, 2.24) is 0 Å². The summed E-state index contributed by atoms with van der Waals surface area (Å²) in [4.78, 5) is 0. The quantitative estimate of drug-likeness (QED) is 0.706. The lowest BCUT2D eigenvalue weighted by Crippen LogP contribution is -2.17. The summed E-state index contributed by atoms with van der Waals surface area (Å²) in [7, 11) is 1.57. The Morgan fingerprint density at radius 1 is 1.44 bits per heavy atom. The van der Waals surface area contributed by atoms with Crippen LogP contribution in [0.15, 0.2) is 18.2 Å². The Hall–Kier alpha value is -0.760. The molecule has 0 heterocycles. The standard InChI is InChI=1S/C13H18ClFO/c1-5-13(2,3)12(14)10-8-9(15)6-7-11(10)16-4/h6-8,12H,5H2,1-4H3. The van der Waals surface area contributed by atoms with Crippen LogP contribution in [-0.4, -0.2) is 7.11 Å². The molecule has 0 N–H and O–H groups in total. The molecule has 0 saturated heterocycles. The first-order valence-corrected chi connectivity index (χ1v) is 5.83. The van der Waals surface area contributed by atoms with Gasteiger partial charge in [0, 0.05) is 5.56 Å². The van der Waals surface area contributed by atoms with Crippen LogP contribution in [0.2, 0.25) is 0 Å². The molecule has 90 valence electrons. The molecule has 1 nitrogen and oxygen atoms in total. The van der Waals surface area contributed by atoms with Crippen molar-refractivity contribution in [2.75, 3.05) is 7.11 Å². The highest BCUT2D eigenvalue weighted by Crippen LogP contribution is 2.44. The largest absolute Gasteiger partial charge is 0.496 e. The van der Waals surface area contributed by atoms with Crippen LogP contribution in [0.4, 0.5) is 4.39 Å². The lowest BCUT2D eigenvalue weighted by Gasteiger charge is -2.29. The maximum Gasteiger partial charge on any atom is 0.123 e. The highest BCUT2D eigenvalue weighted by Gasteiger charge is 2.29. The summed E-state index contributed by atoms with van der Waals surface area (Å²) >= 11 is 6.41. The van der Waals surface area contributed by atoms with Gasteiger partial charge in [0.25, 0.3) is 0 Å². The van der Waals surface area contributed by atoms with Crippen molar-refractivity contribution >= 4 is 11.6 Å². The molecule has 0 saturated carbocycles. The average molecular weight is 245 g/mol. The zero-order valence-electron chi connectivity index (χ0n) is 10.2. The van der Waals surface area contributed by atoms with E-state index in [1.54, 1.807) is 13.2 Å². The summed E-state index contributed by atoms with van der Waals surface area (Å²) < 4.78 is 18.4. The summed E-state index contributed by atoms with van der Waals surface area (Å²) in [5.41, 5.74) is 0.624. The summed E-state index contributed by atoms with van der Waals surface area (Å²) in [6, 6.07) is 4.45. The van der Waals surface area contributed by atoms with Crippen LogP contribution < -0.4 is 4.74 Å². The molecule has 1 rings (SSSR count). The highest BCUT2D eigenvalue weighted by atomic mass is 35.5. The number of hydrogen-bond donors (Lipinski definition) is 0. The van der Waals surface area contributed by atoms with Crippen LogP contribution in [0.25, 0.3) is 0 Å². The normalized spacial score (nSPS) is 13.6. The number of ether oxygens (including phenoxy) is 1. The maximum absolute atomic E-state index is 13.2. The van der Waals surface area contributed by atoms with E-state index in [9.17, 15) is 4.39 Å². The molecule has 0 aliphatic carbocycles. The Morgan fingerprint density at radius 2 is 2.06 bits per heavy atom. The molecule has 1 atom stereocenters. The van der Waals surface area contributed by atoms with Crippen molar-refractivity contribution in [3.8, 4) is 5.75 Å². The Morgan fingerprint density at radius 3 is 2.56 bits per heavy atom. The number of methoxy groups -OCH3 is 1. The number of rotatable bonds is 4. The van der Waals surface area contributed by atoms with Crippen molar-refractivity contribution in [2.24, 2.45) is 5.41 Å². The van der Waals surface area contributed by atoms with Gasteiger partial charge in [0.2, 0.25) is 0 Å². The van der Waals surface area contributed by atoms with E-state index in [1.165, 1.54) is 12.1 Å². The second-order valence-corrected chi connectivity index (χ2v) is 5.03. The van der Waals surface area contributed by atoms with Crippen LogP contribution in [0.5, 0.6) is 5.75 Å². The molecule has 1 aromatic rings. The SMILES string of the molecule is CCC(C)(C)C(Cl)c1cc(F)ccc1OC. The monoisotopic (exact) mass is 244 g/mol. The smallest absolute Gasteiger partial charge is 0.123 e. The van der Waals surface area contributed by atoms with Crippen molar-refractivity contribution in [1.29, 1.82) is 0 Å². The van der Waals surface area contributed by atoms with E-state index in [4.69, 9.17) is 16.3 Å². The summed E-state index contributed by atoms with van der Waals surface area (Å²) in [6.45, 7) is 6.20. The van der Waals surface area contributed by atoms with E-state index in [2.05, 4.69) is 20.8 Å². The van der Waals surface area contributed by atoms with E-state index in [0.717, 1.165) is 12.0 Å². The number of benzene rings is 1. The minimum Gasteiger partial charge on any atom is -0.496 e. The molecule has 16 heavy (non-hydrogen) atoms. The van der Waals surface area contributed by atoms with E-state index >= 15 is 0 Å². The molecule has 0 bridgehead atoms. The van der Waals surface area contributed by atoms with Gasteiger partial charge in [-0.2, -0.15) is 0 Å². The molecule has 0 aliphatic heterocycles. The Labute approximate surface area is 102 Å². The molecule has 0 radical (unpaired) electrons. The zero-order chi connectivity index (χ0) is 12.3. The van der Waals surface area contributed by atoms with E-state index < -0.39 is 0 Å². The van der Waals surface area contributed by atoms with E-state index in [1.807, 2.05) is 0 Å². The fourth-order valence-electron chi connectivity index (χ4n) is 1.50. The second-order valence-electron chi connectivity index (χ2n) is 4.59. The van der Waals surface area contributed by atoms with Gasteiger partial charge in [0.05, 0.1) is 12.5 Å². The number of hydrogen-bond acceptors (Lipinski definition) is 1. The van der Waals surface area contributed by atoms with Crippen LogP contribution in [0.3, 0.4) is 0 Å². The lowest BCUT2D eigenvalue weighted by molar-refractivity contribution is 0.325. The fourth-order valence-corrected chi connectivity index (χ4v) is 1.83. The zero-order valence-corrected chi connectivity index (χ0v) is 10.9. The molecule has 0 spiro atoms. The van der Waals surface area contributed by atoms with Gasteiger partial charge in [-0.3, -0.25) is 0 Å². The topological polar surface area (TPSA) is 9.23 Å². The molecule has 1 unspecified atom stereocenters. The Balaban J connectivity index is 3.16. The van der Waals surface area contributed by atoms with Gasteiger partial charge >= 0.3 is 0 Å². The molecule has 0 aliphatic rings. The van der Waals surface area contributed by atoms with E-state index in [0.29, 0.717) is 5.75 Å². The highest BCUT2D eigenvalue weighted by molar-refractivity contribution is 6.21. The molecule has 0 aromatic heterocycles. The van der Waals surface area contributed by atoms with Crippen LogP contribution in [0, 0.1) is 11.2 Å². The summed E-state index contributed by atoms with van der Waals surface area (Å²) in [5, 5.41) is -0.261. The lowest BCUT2D eigenvalue weighted by atomic mass is 9.82.